The average molecular weight is 266 g/mol. The van der Waals surface area contributed by atoms with Crippen molar-refractivity contribution in [3.63, 3.8) is 0 Å². The van der Waals surface area contributed by atoms with Gasteiger partial charge in [-0.05, 0) is 13.0 Å². The molecule has 0 aliphatic carbocycles. The van der Waals surface area contributed by atoms with Gasteiger partial charge in [0.15, 0.2) is 0 Å². The quantitative estimate of drug-likeness (QED) is 0.802. The summed E-state index contributed by atoms with van der Waals surface area (Å²) in [4.78, 5) is 14.0. The van der Waals surface area contributed by atoms with Crippen LogP contribution in [-0.2, 0) is 23.0 Å². The number of carbonyl (C=O) groups excluding carboxylic acids is 1. The summed E-state index contributed by atoms with van der Waals surface area (Å²) in [6.45, 7) is 5.39. The van der Waals surface area contributed by atoms with Crippen molar-refractivity contribution in [3.8, 4) is 0 Å². The molecular weight excluding hydrogens is 244 g/mol. The molecule has 6 nitrogen and oxygen atoms in total. The molecule has 0 aromatic carbocycles. The monoisotopic (exact) mass is 266 g/mol. The first-order valence-corrected chi connectivity index (χ1v) is 6.75. The second kappa shape index (κ2) is 6.68. The zero-order valence-electron chi connectivity index (χ0n) is 11.6. The molecule has 1 aromatic heterocycles. The third kappa shape index (κ3) is 3.78. The minimum absolute atomic E-state index is 0.147. The Balaban J connectivity index is 1.73. The predicted octanol–water partition coefficient (Wildman–Crippen LogP) is -0.200. The summed E-state index contributed by atoms with van der Waals surface area (Å²) in [5.74, 6) is 0.160. The lowest BCUT2D eigenvalue weighted by molar-refractivity contribution is -0.137. The molecule has 1 aliphatic rings. The van der Waals surface area contributed by atoms with E-state index in [2.05, 4.69) is 10.4 Å². The Morgan fingerprint density at radius 1 is 1.53 bits per heavy atom. The molecule has 0 radical (unpaired) electrons. The number of nitrogens with zero attached hydrogens (tertiary/aromatic N) is 3. The number of carbonyl (C=O) groups is 1. The van der Waals surface area contributed by atoms with Gasteiger partial charge in [-0.15, -0.1) is 0 Å². The van der Waals surface area contributed by atoms with Gasteiger partial charge in [0.2, 0.25) is 5.91 Å². The van der Waals surface area contributed by atoms with E-state index in [4.69, 9.17) is 4.74 Å². The number of rotatable bonds is 5. The van der Waals surface area contributed by atoms with Gasteiger partial charge in [0.25, 0.3) is 0 Å². The lowest BCUT2D eigenvalue weighted by Crippen LogP contribution is -2.49. The first-order chi connectivity index (χ1) is 9.18. The van der Waals surface area contributed by atoms with Gasteiger partial charge in [0.1, 0.15) is 0 Å². The zero-order chi connectivity index (χ0) is 13.7. The maximum Gasteiger partial charge on any atom is 0.239 e. The molecule has 1 unspecified atom stereocenters. The van der Waals surface area contributed by atoms with Crippen molar-refractivity contribution in [1.29, 1.82) is 0 Å². The van der Waals surface area contributed by atoms with Crippen LogP contribution in [0.5, 0.6) is 0 Å². The number of hydrogen-bond donors (Lipinski definition) is 1. The van der Waals surface area contributed by atoms with Crippen molar-refractivity contribution in [2.24, 2.45) is 7.05 Å². The van der Waals surface area contributed by atoms with E-state index in [0.717, 1.165) is 13.0 Å². The van der Waals surface area contributed by atoms with Crippen molar-refractivity contribution in [1.82, 2.24) is 20.0 Å². The highest BCUT2D eigenvalue weighted by molar-refractivity contribution is 5.81. The zero-order valence-corrected chi connectivity index (χ0v) is 11.6. The molecule has 2 rings (SSSR count). The first-order valence-electron chi connectivity index (χ1n) is 6.75. The molecule has 2 heterocycles. The second-order valence-electron chi connectivity index (χ2n) is 4.81. The average Bonchev–Trinajstić information content (AvgIpc) is 2.84. The molecule has 1 fully saturated rings. The van der Waals surface area contributed by atoms with Gasteiger partial charge in [-0.3, -0.25) is 9.48 Å². The molecule has 106 valence electrons. The van der Waals surface area contributed by atoms with Gasteiger partial charge in [0.05, 0.1) is 19.3 Å². The Bertz CT molecular complexity index is 413. The van der Waals surface area contributed by atoms with Crippen LogP contribution in [0, 0.1) is 0 Å². The SMILES string of the molecule is CC(NCCc1ccnn1C)C(=O)N1CCOCC1. The van der Waals surface area contributed by atoms with E-state index < -0.39 is 0 Å². The summed E-state index contributed by atoms with van der Waals surface area (Å²) < 4.78 is 7.11. The van der Waals surface area contributed by atoms with Gasteiger partial charge in [0, 0.05) is 45.0 Å². The third-order valence-electron chi connectivity index (χ3n) is 3.45. The fourth-order valence-electron chi connectivity index (χ4n) is 2.21. The van der Waals surface area contributed by atoms with E-state index in [1.807, 2.05) is 29.6 Å². The van der Waals surface area contributed by atoms with Crippen LogP contribution in [0.2, 0.25) is 0 Å². The molecule has 0 saturated carbocycles. The number of aromatic nitrogens is 2. The Morgan fingerprint density at radius 2 is 2.26 bits per heavy atom. The van der Waals surface area contributed by atoms with Crippen LogP contribution in [0.3, 0.4) is 0 Å². The lowest BCUT2D eigenvalue weighted by Gasteiger charge is -2.29. The normalized spacial score (nSPS) is 17.5. The molecule has 1 aliphatic heterocycles. The lowest BCUT2D eigenvalue weighted by atomic mass is 10.2. The maximum absolute atomic E-state index is 12.1. The Kier molecular flexibility index (Phi) is 4.93. The summed E-state index contributed by atoms with van der Waals surface area (Å²) in [6, 6.07) is 1.85. The van der Waals surface area contributed by atoms with Gasteiger partial charge in [-0.25, -0.2) is 0 Å². The number of ether oxygens (including phenoxy) is 1. The number of hydrogen-bond acceptors (Lipinski definition) is 4. The van der Waals surface area contributed by atoms with E-state index >= 15 is 0 Å². The third-order valence-corrected chi connectivity index (χ3v) is 3.45. The van der Waals surface area contributed by atoms with E-state index in [1.165, 1.54) is 5.69 Å². The van der Waals surface area contributed by atoms with Gasteiger partial charge >= 0.3 is 0 Å². The maximum atomic E-state index is 12.1. The van der Waals surface area contributed by atoms with Gasteiger partial charge < -0.3 is 15.0 Å². The molecule has 1 atom stereocenters. The van der Waals surface area contributed by atoms with E-state index in [1.54, 1.807) is 6.20 Å². The molecule has 0 bridgehead atoms. The fraction of sp³-hybridized carbons (Fsp3) is 0.692. The number of amides is 1. The molecule has 6 heteroatoms. The van der Waals surface area contributed by atoms with Gasteiger partial charge in [-0.2, -0.15) is 5.10 Å². The van der Waals surface area contributed by atoms with Crippen molar-refractivity contribution >= 4 is 5.91 Å². The number of morpholine rings is 1. The summed E-state index contributed by atoms with van der Waals surface area (Å²) in [6.07, 6.45) is 2.66. The van der Waals surface area contributed by atoms with Crippen molar-refractivity contribution in [2.75, 3.05) is 32.8 Å². The van der Waals surface area contributed by atoms with Crippen molar-refractivity contribution in [2.45, 2.75) is 19.4 Å². The Morgan fingerprint density at radius 3 is 2.89 bits per heavy atom. The van der Waals surface area contributed by atoms with Crippen LogP contribution in [0.4, 0.5) is 0 Å². The smallest absolute Gasteiger partial charge is 0.239 e. The number of nitrogens with one attached hydrogen (secondary N) is 1. The van der Waals surface area contributed by atoms with Crippen LogP contribution in [-0.4, -0.2) is 59.5 Å². The first kappa shape index (κ1) is 14.0. The van der Waals surface area contributed by atoms with E-state index in [9.17, 15) is 4.79 Å². The predicted molar refractivity (Wildman–Crippen MR) is 71.8 cm³/mol. The van der Waals surface area contributed by atoms with Crippen molar-refractivity contribution < 1.29 is 9.53 Å². The topological polar surface area (TPSA) is 59.4 Å². The summed E-state index contributed by atoms with van der Waals surface area (Å²) in [5, 5.41) is 7.39. The van der Waals surface area contributed by atoms with Crippen LogP contribution < -0.4 is 5.32 Å². The summed E-state index contributed by atoms with van der Waals surface area (Å²) in [7, 11) is 1.93. The second-order valence-corrected chi connectivity index (χ2v) is 4.81. The van der Waals surface area contributed by atoms with Gasteiger partial charge in [-0.1, -0.05) is 0 Å². The Labute approximate surface area is 113 Å². The van der Waals surface area contributed by atoms with E-state index in [0.29, 0.717) is 26.3 Å². The number of aryl methyl sites for hydroxylation is 1. The highest BCUT2D eigenvalue weighted by Gasteiger charge is 2.21. The van der Waals surface area contributed by atoms with Crippen LogP contribution in [0.1, 0.15) is 12.6 Å². The van der Waals surface area contributed by atoms with Crippen LogP contribution >= 0.6 is 0 Å². The summed E-state index contributed by atoms with van der Waals surface area (Å²) in [5.41, 5.74) is 1.17. The van der Waals surface area contributed by atoms with Crippen molar-refractivity contribution in [3.05, 3.63) is 18.0 Å². The fourth-order valence-corrected chi connectivity index (χ4v) is 2.21. The molecule has 1 saturated heterocycles. The molecule has 1 amide bonds. The molecule has 19 heavy (non-hydrogen) atoms. The highest BCUT2D eigenvalue weighted by Crippen LogP contribution is 2.01. The molecule has 1 N–H and O–H groups in total. The van der Waals surface area contributed by atoms with Crippen LogP contribution in [0.25, 0.3) is 0 Å². The molecular formula is C13H22N4O2. The minimum Gasteiger partial charge on any atom is -0.378 e. The molecule has 0 spiro atoms. The molecule has 1 aromatic rings. The standard InChI is InChI=1S/C13H22N4O2/c1-11(13(18)17-7-9-19-10-8-17)14-5-3-12-4-6-15-16(12)2/h4,6,11,14H,3,5,7-10H2,1-2H3. The van der Waals surface area contributed by atoms with Crippen LogP contribution in [0.15, 0.2) is 12.3 Å². The largest absolute Gasteiger partial charge is 0.378 e. The Hall–Kier alpha value is -1.40. The van der Waals surface area contributed by atoms with E-state index in [-0.39, 0.29) is 11.9 Å². The minimum atomic E-state index is -0.147. The highest BCUT2D eigenvalue weighted by atomic mass is 16.5. The summed E-state index contributed by atoms with van der Waals surface area (Å²) >= 11 is 0.